The lowest BCUT2D eigenvalue weighted by Gasteiger charge is -1.89. The van der Waals surface area contributed by atoms with E-state index in [1.54, 1.807) is 24.3 Å². The summed E-state index contributed by atoms with van der Waals surface area (Å²) in [5.41, 5.74) is 1.37. The molecule has 0 aliphatic rings. The minimum Gasteiger partial charge on any atom is -0.159 e. The predicted octanol–water partition coefficient (Wildman–Crippen LogP) is 3.14. The van der Waals surface area contributed by atoms with Gasteiger partial charge in [0, 0.05) is 0 Å². The van der Waals surface area contributed by atoms with Crippen LogP contribution in [0.4, 0.5) is 0 Å². The van der Waals surface area contributed by atoms with Crippen molar-refractivity contribution in [3.63, 3.8) is 0 Å². The number of hydrogen-bond donors (Lipinski definition) is 0. The molecule has 0 saturated heterocycles. The smallest absolute Gasteiger partial charge is 0.0866 e. The number of nitrogens with zero attached hydrogens (tertiary/aromatic N) is 2. The van der Waals surface area contributed by atoms with Crippen LogP contribution in [0.2, 0.25) is 0 Å². The molecule has 2 rings (SSSR count). The SMILES string of the molecule is [2H]/C(=N\N=C(/[2H])c1ccccc1)c1ccccc1. The van der Waals surface area contributed by atoms with Gasteiger partial charge in [-0.1, -0.05) is 60.7 Å². The number of benzene rings is 2. The lowest BCUT2D eigenvalue weighted by molar-refractivity contribution is 1.26. The van der Waals surface area contributed by atoms with E-state index in [0.717, 1.165) is 0 Å². The molecule has 0 saturated carbocycles. The van der Waals surface area contributed by atoms with Crippen molar-refractivity contribution in [3.05, 3.63) is 71.8 Å². The second-order valence-electron chi connectivity index (χ2n) is 3.16. The molecule has 78 valence electrons. The van der Waals surface area contributed by atoms with E-state index in [9.17, 15) is 0 Å². The summed E-state index contributed by atoms with van der Waals surface area (Å²) in [4.78, 5) is 0. The van der Waals surface area contributed by atoms with Crippen LogP contribution >= 0.6 is 0 Å². The number of hydrogen-bond acceptors (Lipinski definition) is 2. The standard InChI is InChI=1S/C14H12N2/c1-3-7-13(8-4-1)11-15-16-12-14-9-5-2-6-10-14/h1-12H/b15-11+,16-12+/i11D,12D. The Morgan fingerprint density at radius 3 is 1.44 bits per heavy atom. The molecule has 0 atom stereocenters. The Kier molecular flexibility index (Phi) is 2.80. The molecule has 2 nitrogen and oxygen atoms in total. The Morgan fingerprint density at radius 1 is 0.688 bits per heavy atom. The molecule has 0 radical (unpaired) electrons. The van der Waals surface area contributed by atoms with Gasteiger partial charge in [0.1, 0.15) is 0 Å². The first-order valence-electron chi connectivity index (χ1n) is 5.97. The lowest BCUT2D eigenvalue weighted by atomic mass is 10.2. The maximum Gasteiger partial charge on any atom is 0.0866 e. The van der Waals surface area contributed by atoms with Gasteiger partial charge in [0.2, 0.25) is 0 Å². The molecule has 0 spiro atoms. The van der Waals surface area contributed by atoms with Crippen molar-refractivity contribution in [2.24, 2.45) is 10.2 Å². The van der Waals surface area contributed by atoms with Crippen LogP contribution in [-0.2, 0) is 0 Å². The minimum absolute atomic E-state index is 0.0521. The highest BCUT2D eigenvalue weighted by atomic mass is 15.2. The topological polar surface area (TPSA) is 24.7 Å². The molecule has 0 heterocycles. The van der Waals surface area contributed by atoms with Crippen LogP contribution in [0.15, 0.2) is 70.9 Å². The van der Waals surface area contributed by atoms with Crippen LogP contribution in [0.5, 0.6) is 0 Å². The summed E-state index contributed by atoms with van der Waals surface area (Å²) in [6.45, 7) is 0. The van der Waals surface area contributed by atoms with Crippen molar-refractivity contribution in [2.75, 3.05) is 0 Å². The minimum atomic E-state index is 0.0521. The average molecular weight is 210 g/mol. The summed E-state index contributed by atoms with van der Waals surface area (Å²) >= 11 is 0. The number of rotatable bonds is 3. The van der Waals surface area contributed by atoms with E-state index in [1.807, 2.05) is 36.4 Å². The fraction of sp³-hybridized carbons (Fsp3) is 0. The zero-order chi connectivity index (χ0) is 12.8. The van der Waals surface area contributed by atoms with E-state index in [4.69, 9.17) is 2.74 Å². The van der Waals surface area contributed by atoms with Crippen molar-refractivity contribution in [1.82, 2.24) is 0 Å². The second-order valence-corrected chi connectivity index (χ2v) is 3.16. The van der Waals surface area contributed by atoms with Gasteiger partial charge in [0.25, 0.3) is 0 Å². The molecule has 2 aromatic carbocycles. The highest BCUT2D eigenvalue weighted by molar-refractivity contribution is 5.82. The van der Waals surface area contributed by atoms with Gasteiger partial charge in [-0.3, -0.25) is 0 Å². The van der Waals surface area contributed by atoms with Gasteiger partial charge in [0.15, 0.2) is 0 Å². The van der Waals surface area contributed by atoms with Crippen molar-refractivity contribution >= 4 is 12.4 Å². The Bertz CT molecular complexity index is 509. The van der Waals surface area contributed by atoms with Gasteiger partial charge in [-0.05, 0) is 11.1 Å². The Hall–Kier alpha value is -2.22. The Labute approximate surface area is 97.8 Å². The molecule has 0 unspecified atom stereocenters. The third-order valence-corrected chi connectivity index (χ3v) is 1.96. The van der Waals surface area contributed by atoms with E-state index >= 15 is 0 Å². The lowest BCUT2D eigenvalue weighted by Crippen LogP contribution is -1.79. The van der Waals surface area contributed by atoms with Crippen LogP contribution in [0.25, 0.3) is 0 Å². The molecule has 0 fully saturated rings. The molecule has 0 aromatic heterocycles. The summed E-state index contributed by atoms with van der Waals surface area (Å²) in [7, 11) is 0. The van der Waals surface area contributed by atoms with E-state index in [-0.39, 0.29) is 12.4 Å². The van der Waals surface area contributed by atoms with Crippen molar-refractivity contribution in [2.45, 2.75) is 0 Å². The van der Waals surface area contributed by atoms with Crippen LogP contribution in [0, 0.1) is 0 Å². The molecular formula is C14H12N2. The fourth-order valence-electron chi connectivity index (χ4n) is 1.19. The third-order valence-electron chi connectivity index (χ3n) is 1.96. The molecular weight excluding hydrogens is 196 g/mol. The molecule has 0 aliphatic carbocycles. The Morgan fingerprint density at radius 2 is 1.06 bits per heavy atom. The molecule has 16 heavy (non-hydrogen) atoms. The molecule has 0 amide bonds. The fourth-order valence-corrected chi connectivity index (χ4v) is 1.19. The second kappa shape index (κ2) is 5.61. The van der Waals surface area contributed by atoms with Crippen LogP contribution in [0.3, 0.4) is 0 Å². The molecule has 0 N–H and O–H groups in total. The maximum absolute atomic E-state index is 7.73. The van der Waals surface area contributed by atoms with Crippen molar-refractivity contribution in [3.8, 4) is 0 Å². The highest BCUT2D eigenvalue weighted by Gasteiger charge is 1.83. The predicted molar refractivity (Wildman–Crippen MR) is 68.1 cm³/mol. The van der Waals surface area contributed by atoms with Crippen molar-refractivity contribution < 1.29 is 2.74 Å². The molecule has 2 heteroatoms. The monoisotopic (exact) mass is 210 g/mol. The Balaban J connectivity index is 2.20. The molecule has 0 aliphatic heterocycles. The average Bonchev–Trinajstić information content (AvgIpc) is 2.46. The van der Waals surface area contributed by atoms with Crippen LogP contribution in [0.1, 0.15) is 13.9 Å². The van der Waals surface area contributed by atoms with E-state index in [0.29, 0.717) is 11.1 Å². The molecule has 0 bridgehead atoms. The van der Waals surface area contributed by atoms with Gasteiger partial charge >= 0.3 is 0 Å². The molecule has 2 aromatic rings. The zero-order valence-corrected chi connectivity index (χ0v) is 8.67. The van der Waals surface area contributed by atoms with E-state index in [2.05, 4.69) is 10.2 Å². The quantitative estimate of drug-likeness (QED) is 0.549. The summed E-state index contributed by atoms with van der Waals surface area (Å²) in [5.74, 6) is 0. The summed E-state index contributed by atoms with van der Waals surface area (Å²) in [6.07, 6.45) is 0.104. The third kappa shape index (κ3) is 3.17. The van der Waals surface area contributed by atoms with Crippen LogP contribution in [-0.4, -0.2) is 12.4 Å². The van der Waals surface area contributed by atoms with Gasteiger partial charge < -0.3 is 0 Å². The van der Waals surface area contributed by atoms with Crippen molar-refractivity contribution in [1.29, 1.82) is 0 Å². The van der Waals surface area contributed by atoms with Gasteiger partial charge in [-0.15, -0.1) is 0 Å². The zero-order valence-electron chi connectivity index (χ0n) is 10.7. The normalized spacial score (nSPS) is 14.2. The maximum atomic E-state index is 7.73. The van der Waals surface area contributed by atoms with Gasteiger partial charge in [-0.2, -0.15) is 10.2 Å². The summed E-state index contributed by atoms with van der Waals surface area (Å²) in [6, 6.07) is 18.2. The first-order valence-corrected chi connectivity index (χ1v) is 4.97. The van der Waals surface area contributed by atoms with E-state index in [1.165, 1.54) is 0 Å². The first-order chi connectivity index (χ1) is 8.77. The van der Waals surface area contributed by atoms with Gasteiger partial charge in [-0.25, -0.2) is 0 Å². The van der Waals surface area contributed by atoms with E-state index < -0.39 is 0 Å². The first kappa shape index (κ1) is 7.99. The summed E-state index contributed by atoms with van der Waals surface area (Å²) < 4.78 is 15.5. The highest BCUT2D eigenvalue weighted by Crippen LogP contribution is 1.96. The summed E-state index contributed by atoms with van der Waals surface area (Å²) in [5, 5.41) is 7.51. The van der Waals surface area contributed by atoms with Crippen LogP contribution < -0.4 is 0 Å². The largest absolute Gasteiger partial charge is 0.159 e. The van der Waals surface area contributed by atoms with Gasteiger partial charge in [0.05, 0.1) is 15.1 Å².